The molecule has 7 heteroatoms. The molecule has 4 rings (SSSR count). The smallest absolute Gasteiger partial charge is 0.227 e. The molecule has 1 saturated heterocycles. The molecule has 1 fully saturated rings. The molecule has 0 bridgehead atoms. The number of hydrogen-bond acceptors (Lipinski definition) is 5. The number of nitrogens with zero attached hydrogens (tertiary/aromatic N) is 4. The molecule has 1 aliphatic rings. The zero-order valence-electron chi connectivity index (χ0n) is 14.6. The van der Waals surface area contributed by atoms with Crippen LogP contribution in [0, 0.1) is 11.6 Å². The first-order chi connectivity index (χ1) is 13.2. The van der Waals surface area contributed by atoms with E-state index in [2.05, 4.69) is 37.2 Å². The quantitative estimate of drug-likeness (QED) is 0.759. The van der Waals surface area contributed by atoms with Gasteiger partial charge in [0.1, 0.15) is 17.5 Å². The van der Waals surface area contributed by atoms with Crippen molar-refractivity contribution in [3.63, 3.8) is 0 Å². The first kappa shape index (κ1) is 17.2. The predicted octanol–water partition coefficient (Wildman–Crippen LogP) is 3.83. The van der Waals surface area contributed by atoms with Gasteiger partial charge >= 0.3 is 0 Å². The van der Waals surface area contributed by atoms with Gasteiger partial charge in [-0.25, -0.2) is 13.8 Å². The highest BCUT2D eigenvalue weighted by Crippen LogP contribution is 2.22. The summed E-state index contributed by atoms with van der Waals surface area (Å²) >= 11 is 0. The summed E-state index contributed by atoms with van der Waals surface area (Å²) in [6.07, 6.45) is 1.63. The molecule has 3 aromatic rings. The van der Waals surface area contributed by atoms with E-state index in [-0.39, 0.29) is 5.69 Å². The summed E-state index contributed by atoms with van der Waals surface area (Å²) in [6, 6.07) is 15.3. The fourth-order valence-corrected chi connectivity index (χ4v) is 3.10. The second-order valence-electron chi connectivity index (χ2n) is 6.30. The Labute approximate surface area is 156 Å². The third kappa shape index (κ3) is 3.97. The minimum atomic E-state index is -0.661. The molecule has 0 atom stereocenters. The maximum Gasteiger partial charge on any atom is 0.227 e. The molecule has 2 aromatic carbocycles. The van der Waals surface area contributed by atoms with E-state index in [0.717, 1.165) is 32.2 Å². The molecule has 1 aromatic heterocycles. The Hall–Kier alpha value is -3.22. The van der Waals surface area contributed by atoms with Crippen molar-refractivity contribution in [1.29, 1.82) is 0 Å². The second-order valence-corrected chi connectivity index (χ2v) is 6.30. The lowest BCUT2D eigenvalue weighted by atomic mass is 10.2. The van der Waals surface area contributed by atoms with Crippen molar-refractivity contribution in [3.8, 4) is 0 Å². The number of aromatic nitrogens is 2. The summed E-state index contributed by atoms with van der Waals surface area (Å²) in [5, 5.41) is 2.88. The molecule has 27 heavy (non-hydrogen) atoms. The van der Waals surface area contributed by atoms with Crippen LogP contribution in [0.3, 0.4) is 0 Å². The largest absolute Gasteiger partial charge is 0.368 e. The lowest BCUT2D eigenvalue weighted by Gasteiger charge is -2.36. The highest BCUT2D eigenvalue weighted by Gasteiger charge is 2.19. The van der Waals surface area contributed by atoms with Crippen molar-refractivity contribution in [1.82, 2.24) is 9.97 Å². The van der Waals surface area contributed by atoms with Gasteiger partial charge in [-0.2, -0.15) is 4.98 Å². The first-order valence-electron chi connectivity index (χ1n) is 8.79. The lowest BCUT2D eigenvalue weighted by molar-refractivity contribution is 0.586. The van der Waals surface area contributed by atoms with Crippen molar-refractivity contribution in [2.75, 3.05) is 41.3 Å². The molecule has 1 aliphatic heterocycles. The summed E-state index contributed by atoms with van der Waals surface area (Å²) < 4.78 is 26.9. The van der Waals surface area contributed by atoms with Crippen LogP contribution >= 0.6 is 0 Å². The van der Waals surface area contributed by atoms with Crippen LogP contribution in [0.1, 0.15) is 0 Å². The van der Waals surface area contributed by atoms with Crippen LogP contribution in [-0.2, 0) is 0 Å². The number of para-hydroxylation sites is 1. The predicted molar refractivity (Wildman–Crippen MR) is 103 cm³/mol. The minimum Gasteiger partial charge on any atom is -0.368 e. The first-order valence-corrected chi connectivity index (χ1v) is 8.79. The van der Waals surface area contributed by atoms with Gasteiger partial charge in [0.25, 0.3) is 0 Å². The number of halogens is 2. The average Bonchev–Trinajstić information content (AvgIpc) is 2.71. The van der Waals surface area contributed by atoms with Gasteiger partial charge in [0.05, 0.1) is 5.69 Å². The highest BCUT2D eigenvalue weighted by atomic mass is 19.1. The van der Waals surface area contributed by atoms with Crippen molar-refractivity contribution in [3.05, 3.63) is 72.4 Å². The van der Waals surface area contributed by atoms with E-state index in [4.69, 9.17) is 0 Å². The Morgan fingerprint density at radius 1 is 0.852 bits per heavy atom. The van der Waals surface area contributed by atoms with Gasteiger partial charge in [0.15, 0.2) is 0 Å². The van der Waals surface area contributed by atoms with Gasteiger partial charge in [-0.3, -0.25) is 0 Å². The second kappa shape index (κ2) is 7.57. The number of benzene rings is 2. The van der Waals surface area contributed by atoms with Crippen LogP contribution in [0.25, 0.3) is 0 Å². The number of rotatable bonds is 4. The number of piperazine rings is 1. The molecule has 2 heterocycles. The molecule has 1 N–H and O–H groups in total. The highest BCUT2D eigenvalue weighted by molar-refractivity contribution is 5.58. The Bertz CT molecular complexity index is 911. The number of anilines is 4. The van der Waals surface area contributed by atoms with Gasteiger partial charge in [-0.05, 0) is 30.3 Å². The molecule has 0 amide bonds. The van der Waals surface area contributed by atoms with E-state index >= 15 is 0 Å². The maximum atomic E-state index is 13.8. The van der Waals surface area contributed by atoms with Crippen LogP contribution in [-0.4, -0.2) is 36.1 Å². The van der Waals surface area contributed by atoms with Crippen LogP contribution in [0.4, 0.5) is 31.9 Å². The summed E-state index contributed by atoms with van der Waals surface area (Å²) in [7, 11) is 0. The Morgan fingerprint density at radius 3 is 2.33 bits per heavy atom. The van der Waals surface area contributed by atoms with Crippen molar-refractivity contribution < 1.29 is 8.78 Å². The zero-order valence-corrected chi connectivity index (χ0v) is 14.6. The standard InChI is InChI=1S/C20H19F2N5/c21-15-6-7-18(17(22)14-15)24-19-8-9-23-20(25-19)27-12-10-26(11-13-27)16-4-2-1-3-5-16/h1-9,14H,10-13H2,(H,23,24,25). The molecule has 138 valence electrons. The summed E-state index contributed by atoms with van der Waals surface area (Å²) in [6.45, 7) is 3.34. The third-order valence-corrected chi connectivity index (χ3v) is 4.52. The van der Waals surface area contributed by atoms with Crippen molar-refractivity contribution in [2.45, 2.75) is 0 Å². The molecule has 0 aliphatic carbocycles. The van der Waals surface area contributed by atoms with Crippen LogP contribution in [0.2, 0.25) is 0 Å². The van der Waals surface area contributed by atoms with Gasteiger partial charge in [-0.1, -0.05) is 18.2 Å². The van der Waals surface area contributed by atoms with E-state index in [0.29, 0.717) is 11.8 Å². The van der Waals surface area contributed by atoms with Crippen molar-refractivity contribution in [2.24, 2.45) is 0 Å². The lowest BCUT2D eigenvalue weighted by Crippen LogP contribution is -2.47. The average molecular weight is 367 g/mol. The molecular formula is C20H19F2N5. The summed E-state index contributed by atoms with van der Waals surface area (Å²) in [5.41, 5.74) is 1.38. The third-order valence-electron chi connectivity index (χ3n) is 4.52. The van der Waals surface area contributed by atoms with Gasteiger partial charge < -0.3 is 15.1 Å². The minimum absolute atomic E-state index is 0.176. The Balaban J connectivity index is 1.44. The fraction of sp³-hybridized carbons (Fsp3) is 0.200. The van der Waals surface area contributed by atoms with E-state index < -0.39 is 11.6 Å². The molecule has 0 radical (unpaired) electrons. The molecule has 0 saturated carbocycles. The fourth-order valence-electron chi connectivity index (χ4n) is 3.10. The zero-order chi connectivity index (χ0) is 18.6. The van der Waals surface area contributed by atoms with Crippen LogP contribution in [0.15, 0.2) is 60.8 Å². The summed E-state index contributed by atoms with van der Waals surface area (Å²) in [4.78, 5) is 13.2. The van der Waals surface area contributed by atoms with Crippen molar-refractivity contribution >= 4 is 23.1 Å². The van der Waals surface area contributed by atoms with Crippen LogP contribution < -0.4 is 15.1 Å². The normalized spacial score (nSPS) is 14.3. The van der Waals surface area contributed by atoms with E-state index in [1.54, 1.807) is 12.3 Å². The Morgan fingerprint density at radius 2 is 1.59 bits per heavy atom. The molecule has 0 spiro atoms. The monoisotopic (exact) mass is 367 g/mol. The van der Waals surface area contributed by atoms with E-state index in [9.17, 15) is 8.78 Å². The number of hydrogen-bond donors (Lipinski definition) is 1. The van der Waals surface area contributed by atoms with E-state index in [1.807, 2.05) is 18.2 Å². The van der Waals surface area contributed by atoms with E-state index in [1.165, 1.54) is 17.8 Å². The molecule has 0 unspecified atom stereocenters. The molecular weight excluding hydrogens is 348 g/mol. The number of nitrogens with one attached hydrogen (secondary N) is 1. The van der Waals surface area contributed by atoms with Gasteiger partial charge in [-0.15, -0.1) is 0 Å². The topological polar surface area (TPSA) is 44.3 Å². The summed E-state index contributed by atoms with van der Waals surface area (Å²) in [5.74, 6) is -0.212. The maximum absolute atomic E-state index is 13.8. The molecule has 5 nitrogen and oxygen atoms in total. The van der Waals surface area contributed by atoms with Gasteiger partial charge in [0.2, 0.25) is 5.95 Å². The van der Waals surface area contributed by atoms with Crippen LogP contribution in [0.5, 0.6) is 0 Å². The Kier molecular flexibility index (Phi) is 4.82. The SMILES string of the molecule is Fc1ccc(Nc2ccnc(N3CCN(c4ccccc4)CC3)n2)c(F)c1. The van der Waals surface area contributed by atoms with Gasteiger partial charge in [0, 0.05) is 44.1 Å².